The molecule has 8 nitrogen and oxygen atoms in total. The van der Waals surface area contributed by atoms with Gasteiger partial charge in [0.25, 0.3) is 0 Å². The highest BCUT2D eigenvalue weighted by molar-refractivity contribution is 5.91. The van der Waals surface area contributed by atoms with E-state index in [0.717, 1.165) is 41.1 Å². The smallest absolute Gasteiger partial charge is 0.159 e. The van der Waals surface area contributed by atoms with Crippen molar-refractivity contribution in [3.05, 3.63) is 30.1 Å². The molecule has 1 fully saturated rings. The maximum Gasteiger partial charge on any atom is 0.159 e. The fraction of sp³-hybridized carbons (Fsp3) is 0.529. The van der Waals surface area contributed by atoms with Crippen molar-refractivity contribution < 1.29 is 5.11 Å². The van der Waals surface area contributed by atoms with Crippen molar-refractivity contribution in [2.24, 2.45) is 20.0 Å². The van der Waals surface area contributed by atoms with Crippen LogP contribution in [0.4, 0.5) is 5.69 Å². The van der Waals surface area contributed by atoms with Crippen LogP contribution in [0.1, 0.15) is 30.3 Å². The Kier molecular flexibility index (Phi) is 3.91. The van der Waals surface area contributed by atoms with Crippen LogP contribution in [0.25, 0.3) is 11.0 Å². The molecule has 4 rings (SSSR count). The predicted octanol–water partition coefficient (Wildman–Crippen LogP) is 1.37. The maximum absolute atomic E-state index is 10.5. The summed E-state index contributed by atoms with van der Waals surface area (Å²) in [6.07, 6.45) is 4.81. The van der Waals surface area contributed by atoms with Crippen LogP contribution >= 0.6 is 0 Å². The summed E-state index contributed by atoms with van der Waals surface area (Å²) in [4.78, 5) is 4.41. The molecular weight excluding hydrogens is 318 g/mol. The van der Waals surface area contributed by atoms with E-state index >= 15 is 0 Å². The molecule has 0 amide bonds. The van der Waals surface area contributed by atoms with Gasteiger partial charge in [0.1, 0.15) is 12.2 Å². The lowest BCUT2D eigenvalue weighted by Gasteiger charge is -2.16. The molecule has 1 saturated carbocycles. The third-order valence-corrected chi connectivity index (χ3v) is 5.22. The van der Waals surface area contributed by atoms with Crippen molar-refractivity contribution in [3.63, 3.8) is 0 Å². The molecule has 1 aliphatic rings. The SMILES string of the molecule is Cc1nn(C)c2nccc(NC[C@H]3C[C@H](c4nncn4C)C[C@H]3O)c12. The third kappa shape index (κ3) is 2.76. The molecule has 132 valence electrons. The van der Waals surface area contributed by atoms with Crippen molar-refractivity contribution >= 4 is 16.7 Å². The first-order chi connectivity index (χ1) is 12.0. The van der Waals surface area contributed by atoms with E-state index in [1.54, 1.807) is 17.2 Å². The number of hydrogen-bond donors (Lipinski definition) is 2. The highest BCUT2D eigenvalue weighted by Crippen LogP contribution is 2.38. The molecule has 3 aromatic heterocycles. The summed E-state index contributed by atoms with van der Waals surface area (Å²) in [7, 11) is 3.85. The second kappa shape index (κ2) is 6.11. The predicted molar refractivity (Wildman–Crippen MR) is 94.2 cm³/mol. The van der Waals surface area contributed by atoms with Crippen LogP contribution in [0.2, 0.25) is 0 Å². The number of rotatable bonds is 4. The van der Waals surface area contributed by atoms with E-state index < -0.39 is 0 Å². The first-order valence-corrected chi connectivity index (χ1v) is 8.58. The lowest BCUT2D eigenvalue weighted by Crippen LogP contribution is -2.22. The number of nitrogens with one attached hydrogen (secondary N) is 1. The Morgan fingerprint density at radius 1 is 1.32 bits per heavy atom. The Balaban J connectivity index is 1.50. The minimum absolute atomic E-state index is 0.182. The fourth-order valence-corrected chi connectivity index (χ4v) is 3.96. The molecule has 0 aliphatic heterocycles. The van der Waals surface area contributed by atoms with Gasteiger partial charge in [0.2, 0.25) is 0 Å². The lowest BCUT2D eigenvalue weighted by molar-refractivity contribution is 0.137. The van der Waals surface area contributed by atoms with Crippen LogP contribution in [0, 0.1) is 12.8 Å². The van der Waals surface area contributed by atoms with Crippen LogP contribution in [-0.2, 0) is 14.1 Å². The summed E-state index contributed by atoms with van der Waals surface area (Å²) in [5.74, 6) is 1.39. The average Bonchev–Trinajstić information content (AvgIpc) is 3.25. The number of pyridine rings is 1. The lowest BCUT2D eigenvalue weighted by atomic mass is 10.0. The second-order valence-electron chi connectivity index (χ2n) is 6.94. The van der Waals surface area contributed by atoms with Gasteiger partial charge in [-0.2, -0.15) is 5.10 Å². The van der Waals surface area contributed by atoms with Gasteiger partial charge in [-0.05, 0) is 25.8 Å². The monoisotopic (exact) mass is 341 g/mol. The van der Waals surface area contributed by atoms with Crippen LogP contribution in [-0.4, -0.2) is 47.3 Å². The normalized spacial score (nSPS) is 23.4. The molecule has 3 atom stereocenters. The zero-order valence-electron chi connectivity index (χ0n) is 14.7. The molecule has 0 spiro atoms. The summed E-state index contributed by atoms with van der Waals surface area (Å²) < 4.78 is 3.74. The van der Waals surface area contributed by atoms with Crippen molar-refractivity contribution in [3.8, 4) is 0 Å². The summed E-state index contributed by atoms with van der Waals surface area (Å²) >= 11 is 0. The zero-order valence-corrected chi connectivity index (χ0v) is 14.7. The van der Waals surface area contributed by atoms with Crippen LogP contribution < -0.4 is 5.32 Å². The Morgan fingerprint density at radius 3 is 2.92 bits per heavy atom. The van der Waals surface area contributed by atoms with Gasteiger partial charge in [-0.25, -0.2) is 4.98 Å². The zero-order chi connectivity index (χ0) is 17.6. The van der Waals surface area contributed by atoms with Crippen LogP contribution in [0.3, 0.4) is 0 Å². The Bertz CT molecular complexity index is 900. The van der Waals surface area contributed by atoms with E-state index in [1.165, 1.54) is 0 Å². The molecule has 1 aliphatic carbocycles. The molecule has 0 radical (unpaired) electrons. The van der Waals surface area contributed by atoms with E-state index in [4.69, 9.17) is 0 Å². The summed E-state index contributed by atoms with van der Waals surface area (Å²) in [6.45, 7) is 2.70. The number of fused-ring (bicyclic) bond motifs is 1. The number of aliphatic hydroxyl groups excluding tert-OH is 1. The first kappa shape index (κ1) is 16.0. The molecule has 0 unspecified atom stereocenters. The van der Waals surface area contributed by atoms with Gasteiger partial charge >= 0.3 is 0 Å². The molecule has 0 aromatic carbocycles. The number of anilines is 1. The number of aryl methyl sites for hydroxylation is 3. The Labute approximate surface area is 145 Å². The molecule has 3 aromatic rings. The Morgan fingerprint density at radius 2 is 2.16 bits per heavy atom. The van der Waals surface area contributed by atoms with Crippen molar-refractivity contribution in [2.75, 3.05) is 11.9 Å². The molecule has 2 N–H and O–H groups in total. The van der Waals surface area contributed by atoms with E-state index in [2.05, 4.69) is 25.6 Å². The quantitative estimate of drug-likeness (QED) is 0.744. The van der Waals surface area contributed by atoms with Gasteiger partial charge in [0.05, 0.1) is 17.2 Å². The number of aliphatic hydroxyl groups is 1. The highest BCUT2D eigenvalue weighted by Gasteiger charge is 2.35. The van der Waals surface area contributed by atoms with Crippen LogP contribution in [0.5, 0.6) is 0 Å². The van der Waals surface area contributed by atoms with Gasteiger partial charge < -0.3 is 15.0 Å². The fourth-order valence-electron chi connectivity index (χ4n) is 3.96. The molecule has 0 bridgehead atoms. The van der Waals surface area contributed by atoms with Gasteiger partial charge in [0, 0.05) is 44.4 Å². The number of aromatic nitrogens is 6. The second-order valence-corrected chi connectivity index (χ2v) is 6.94. The maximum atomic E-state index is 10.5. The van der Waals surface area contributed by atoms with E-state index in [9.17, 15) is 5.11 Å². The molecule has 3 heterocycles. The van der Waals surface area contributed by atoms with Crippen molar-refractivity contribution in [1.29, 1.82) is 0 Å². The largest absolute Gasteiger partial charge is 0.393 e. The first-order valence-electron chi connectivity index (χ1n) is 8.58. The van der Waals surface area contributed by atoms with E-state index in [-0.39, 0.29) is 17.9 Å². The van der Waals surface area contributed by atoms with Crippen LogP contribution in [0.15, 0.2) is 18.6 Å². The van der Waals surface area contributed by atoms with Crippen molar-refractivity contribution in [1.82, 2.24) is 29.5 Å². The molecule has 8 heteroatoms. The van der Waals surface area contributed by atoms with Gasteiger partial charge in [-0.1, -0.05) is 0 Å². The summed E-state index contributed by atoms with van der Waals surface area (Å²) in [5.41, 5.74) is 2.84. The van der Waals surface area contributed by atoms with Gasteiger partial charge in [-0.15, -0.1) is 10.2 Å². The Hall–Kier alpha value is -2.48. The molecule has 0 saturated heterocycles. The van der Waals surface area contributed by atoms with E-state index in [1.807, 2.05) is 31.7 Å². The van der Waals surface area contributed by atoms with Gasteiger partial charge in [-0.3, -0.25) is 4.68 Å². The minimum atomic E-state index is -0.332. The topological polar surface area (TPSA) is 93.7 Å². The van der Waals surface area contributed by atoms with Crippen molar-refractivity contribution in [2.45, 2.75) is 31.8 Å². The van der Waals surface area contributed by atoms with E-state index in [0.29, 0.717) is 6.54 Å². The number of hydrogen-bond acceptors (Lipinski definition) is 6. The third-order valence-electron chi connectivity index (χ3n) is 5.22. The summed E-state index contributed by atoms with van der Waals surface area (Å²) in [6, 6.07) is 1.97. The standard InChI is InChI=1S/C17H23N7O/c1-10-15-13(4-5-18-17(15)24(3)22-10)19-8-12-6-11(7-14(12)25)16-21-20-9-23(16)2/h4-5,9,11-12,14,25H,6-8H2,1-3H3,(H,18,19)/t11-,12+,14+/m0/s1. The minimum Gasteiger partial charge on any atom is -0.393 e. The van der Waals surface area contributed by atoms with Gasteiger partial charge in [0.15, 0.2) is 5.65 Å². The highest BCUT2D eigenvalue weighted by atomic mass is 16.3. The molecular formula is C17H23N7O. The molecule has 25 heavy (non-hydrogen) atoms. The summed E-state index contributed by atoms with van der Waals surface area (Å²) in [5, 5.41) is 27.6. The number of nitrogens with zero attached hydrogens (tertiary/aromatic N) is 6. The average molecular weight is 341 g/mol.